The van der Waals surface area contributed by atoms with Gasteiger partial charge in [-0.25, -0.2) is 0 Å². The molecule has 0 aliphatic carbocycles. The number of aromatic nitrogens is 2. The van der Waals surface area contributed by atoms with E-state index in [2.05, 4.69) is 15.7 Å². The predicted octanol–water partition coefficient (Wildman–Crippen LogP) is 0.618. The topological polar surface area (TPSA) is 79.3 Å². The molecule has 23 heavy (non-hydrogen) atoms. The van der Waals surface area contributed by atoms with Gasteiger partial charge in [-0.3, -0.25) is 14.3 Å². The molecule has 7 nitrogen and oxygen atoms in total. The highest BCUT2D eigenvalue weighted by Gasteiger charge is 2.37. The molecule has 1 aliphatic rings. The first kappa shape index (κ1) is 19.4. The summed E-state index contributed by atoms with van der Waals surface area (Å²) in [5, 5.41) is 10.1. The molecule has 1 aromatic heterocycles. The predicted molar refractivity (Wildman–Crippen MR) is 90.3 cm³/mol. The van der Waals surface area contributed by atoms with Crippen molar-refractivity contribution in [3.8, 4) is 0 Å². The Balaban J connectivity index is 0.00000264. The third kappa shape index (κ3) is 4.45. The van der Waals surface area contributed by atoms with E-state index in [1.807, 2.05) is 38.9 Å². The van der Waals surface area contributed by atoms with Crippen LogP contribution in [-0.2, 0) is 16.6 Å². The molecule has 2 N–H and O–H groups in total. The quantitative estimate of drug-likeness (QED) is 0.840. The van der Waals surface area contributed by atoms with Crippen LogP contribution < -0.4 is 10.6 Å². The lowest BCUT2D eigenvalue weighted by Gasteiger charge is -2.32. The summed E-state index contributed by atoms with van der Waals surface area (Å²) in [4.78, 5) is 26.3. The Hall–Kier alpha value is -1.60. The van der Waals surface area contributed by atoms with Crippen LogP contribution in [0.1, 0.15) is 38.8 Å². The molecule has 0 spiro atoms. The molecular formula is C15H26ClN5O2. The van der Waals surface area contributed by atoms with E-state index in [1.54, 1.807) is 17.9 Å². The Morgan fingerprint density at radius 1 is 1.43 bits per heavy atom. The minimum Gasteiger partial charge on any atom is -0.349 e. The molecule has 1 aliphatic heterocycles. The first-order valence-electron chi connectivity index (χ1n) is 7.49. The van der Waals surface area contributed by atoms with Crippen molar-refractivity contribution in [3.05, 3.63) is 18.0 Å². The highest BCUT2D eigenvalue weighted by molar-refractivity contribution is 5.86. The summed E-state index contributed by atoms with van der Waals surface area (Å²) in [6.45, 7) is 6.56. The Bertz CT molecular complexity index is 566. The van der Waals surface area contributed by atoms with Crippen molar-refractivity contribution in [2.45, 2.75) is 44.8 Å². The lowest BCUT2D eigenvalue weighted by molar-refractivity contribution is -0.131. The van der Waals surface area contributed by atoms with E-state index in [9.17, 15) is 9.59 Å². The summed E-state index contributed by atoms with van der Waals surface area (Å²) in [5.74, 6) is -0.0516. The second-order valence-electron chi connectivity index (χ2n) is 6.75. The van der Waals surface area contributed by atoms with Gasteiger partial charge in [0, 0.05) is 37.3 Å². The number of nitrogens with one attached hydrogen (secondary N) is 2. The fraction of sp³-hybridized carbons (Fsp3) is 0.667. The molecule has 2 unspecified atom stereocenters. The molecule has 130 valence electrons. The van der Waals surface area contributed by atoms with Crippen molar-refractivity contribution in [2.75, 3.05) is 13.6 Å². The van der Waals surface area contributed by atoms with E-state index in [-0.39, 0.29) is 35.8 Å². The monoisotopic (exact) mass is 343 g/mol. The fourth-order valence-electron chi connectivity index (χ4n) is 2.78. The number of carbonyl (C=O) groups excluding carboxylic acids is 2. The summed E-state index contributed by atoms with van der Waals surface area (Å²) >= 11 is 0. The average molecular weight is 344 g/mol. The fourth-order valence-corrected chi connectivity index (χ4v) is 2.78. The van der Waals surface area contributed by atoms with Crippen molar-refractivity contribution in [3.63, 3.8) is 0 Å². The standard InChI is InChI=1S/C15H25N5O2.ClH/c1-15(2,3)20-9-11(6-12(20)21)18-14(22)13(16-4)10-7-17-19(5)8-10;/h7-8,11,13,16H,6,9H2,1-5H3,(H,18,22);1H. The number of likely N-dealkylation sites (tertiary alicyclic amines) is 1. The first-order valence-corrected chi connectivity index (χ1v) is 7.49. The number of halogens is 1. The van der Waals surface area contributed by atoms with Gasteiger partial charge in [0.1, 0.15) is 6.04 Å². The van der Waals surface area contributed by atoms with Gasteiger partial charge < -0.3 is 15.5 Å². The number of hydrogen-bond acceptors (Lipinski definition) is 4. The van der Waals surface area contributed by atoms with Gasteiger partial charge in [0.15, 0.2) is 0 Å². The normalized spacial score (nSPS) is 19.4. The van der Waals surface area contributed by atoms with Crippen molar-refractivity contribution in [1.82, 2.24) is 25.3 Å². The van der Waals surface area contributed by atoms with Gasteiger partial charge >= 0.3 is 0 Å². The van der Waals surface area contributed by atoms with E-state index in [1.165, 1.54) is 0 Å². The van der Waals surface area contributed by atoms with Gasteiger partial charge in [0.2, 0.25) is 11.8 Å². The first-order chi connectivity index (χ1) is 10.2. The summed E-state index contributed by atoms with van der Waals surface area (Å²) in [6, 6.07) is -0.612. The van der Waals surface area contributed by atoms with E-state index in [4.69, 9.17) is 0 Å². The summed E-state index contributed by atoms with van der Waals surface area (Å²) < 4.78 is 1.66. The van der Waals surface area contributed by atoms with Crippen molar-refractivity contribution < 1.29 is 9.59 Å². The number of aryl methyl sites for hydroxylation is 1. The summed E-state index contributed by atoms with van der Waals surface area (Å²) in [5.41, 5.74) is 0.585. The zero-order chi connectivity index (χ0) is 16.5. The minimum atomic E-state index is -0.465. The summed E-state index contributed by atoms with van der Waals surface area (Å²) in [6.07, 6.45) is 3.83. The van der Waals surface area contributed by atoms with E-state index < -0.39 is 6.04 Å². The molecule has 0 bridgehead atoms. The molecule has 8 heteroatoms. The number of rotatable bonds is 4. The Labute approximate surface area is 143 Å². The highest BCUT2D eigenvalue weighted by atomic mass is 35.5. The number of hydrogen-bond donors (Lipinski definition) is 2. The number of carbonyl (C=O) groups is 2. The molecular weight excluding hydrogens is 318 g/mol. The van der Waals surface area contributed by atoms with Crippen molar-refractivity contribution in [1.29, 1.82) is 0 Å². The van der Waals surface area contributed by atoms with Gasteiger partial charge in [0.25, 0.3) is 0 Å². The van der Waals surface area contributed by atoms with E-state index in [0.717, 1.165) is 5.56 Å². The number of likely N-dealkylation sites (N-methyl/N-ethyl adjacent to an activating group) is 1. The molecule has 2 rings (SSSR count). The van der Waals surface area contributed by atoms with Gasteiger partial charge in [-0.15, -0.1) is 12.4 Å². The van der Waals surface area contributed by atoms with Crippen molar-refractivity contribution >= 4 is 24.2 Å². The third-order valence-electron chi connectivity index (χ3n) is 3.89. The molecule has 2 amide bonds. The third-order valence-corrected chi connectivity index (χ3v) is 3.89. The van der Waals surface area contributed by atoms with Crippen LogP contribution in [0.25, 0.3) is 0 Å². The molecule has 0 radical (unpaired) electrons. The van der Waals surface area contributed by atoms with Crippen LogP contribution in [0.5, 0.6) is 0 Å². The lowest BCUT2D eigenvalue weighted by atomic mass is 10.1. The highest BCUT2D eigenvalue weighted by Crippen LogP contribution is 2.22. The second kappa shape index (κ2) is 7.31. The van der Waals surface area contributed by atoms with Gasteiger partial charge in [0.05, 0.1) is 12.2 Å². The van der Waals surface area contributed by atoms with E-state index in [0.29, 0.717) is 13.0 Å². The van der Waals surface area contributed by atoms with Crippen molar-refractivity contribution in [2.24, 2.45) is 7.05 Å². The smallest absolute Gasteiger partial charge is 0.242 e. The van der Waals surface area contributed by atoms with E-state index >= 15 is 0 Å². The van der Waals surface area contributed by atoms with Gasteiger partial charge in [-0.1, -0.05) is 0 Å². The maximum atomic E-state index is 12.5. The Kier molecular flexibility index (Phi) is 6.18. The largest absolute Gasteiger partial charge is 0.349 e. The maximum absolute atomic E-state index is 12.5. The molecule has 1 saturated heterocycles. The van der Waals surface area contributed by atoms with Gasteiger partial charge in [-0.05, 0) is 27.8 Å². The van der Waals surface area contributed by atoms with Crippen LogP contribution in [0, 0.1) is 0 Å². The maximum Gasteiger partial charge on any atom is 0.242 e. The zero-order valence-corrected chi connectivity index (χ0v) is 15.1. The molecule has 1 fully saturated rings. The van der Waals surface area contributed by atoms with Gasteiger partial charge in [-0.2, -0.15) is 5.10 Å². The van der Waals surface area contributed by atoms with Crippen LogP contribution >= 0.6 is 12.4 Å². The SMILES string of the molecule is CNC(C(=O)NC1CC(=O)N(C(C)(C)C)C1)c1cnn(C)c1.Cl. The number of nitrogens with zero attached hydrogens (tertiary/aromatic N) is 3. The molecule has 2 heterocycles. The molecule has 1 aromatic rings. The van der Waals surface area contributed by atoms with Crippen LogP contribution in [0.15, 0.2) is 12.4 Å². The Morgan fingerprint density at radius 2 is 2.09 bits per heavy atom. The second-order valence-corrected chi connectivity index (χ2v) is 6.75. The zero-order valence-electron chi connectivity index (χ0n) is 14.3. The molecule has 0 saturated carbocycles. The van der Waals surface area contributed by atoms with Crippen LogP contribution in [0.2, 0.25) is 0 Å². The number of amides is 2. The molecule has 0 aromatic carbocycles. The average Bonchev–Trinajstić information content (AvgIpc) is 2.96. The summed E-state index contributed by atoms with van der Waals surface area (Å²) in [7, 11) is 3.55. The van der Waals surface area contributed by atoms with Crippen LogP contribution in [0.3, 0.4) is 0 Å². The minimum absolute atomic E-state index is 0. The van der Waals surface area contributed by atoms with Crippen LogP contribution in [0.4, 0.5) is 0 Å². The molecule has 2 atom stereocenters. The Morgan fingerprint density at radius 3 is 2.52 bits per heavy atom. The van der Waals surface area contributed by atoms with Crippen LogP contribution in [-0.4, -0.2) is 51.7 Å². The lowest BCUT2D eigenvalue weighted by Crippen LogP contribution is -2.46.